The predicted octanol–water partition coefficient (Wildman–Crippen LogP) is 4.77. The average molecular weight is 543 g/mol. The van der Waals surface area contributed by atoms with Crippen LogP contribution >= 0.6 is 0 Å². The van der Waals surface area contributed by atoms with Crippen LogP contribution in [0.5, 0.6) is 0 Å². The molecule has 1 aromatic heterocycles. The third-order valence-corrected chi connectivity index (χ3v) is 7.17. The molecular formula is C28H29F3N4O4. The molecule has 0 bridgehead atoms. The smallest absolute Gasteiger partial charge is 0.417 e. The van der Waals surface area contributed by atoms with Gasteiger partial charge in [-0.2, -0.15) is 18.4 Å². The number of carbonyl (C=O) groups is 3. The highest BCUT2D eigenvalue weighted by atomic mass is 19.4. The van der Waals surface area contributed by atoms with Crippen molar-refractivity contribution in [3.05, 3.63) is 64.6 Å². The zero-order chi connectivity index (χ0) is 28.2. The van der Waals surface area contributed by atoms with Gasteiger partial charge in [-0.1, -0.05) is 12.8 Å². The Morgan fingerprint density at radius 2 is 1.74 bits per heavy atom. The van der Waals surface area contributed by atoms with E-state index in [1.807, 2.05) is 0 Å². The van der Waals surface area contributed by atoms with E-state index in [1.54, 1.807) is 17.0 Å². The first-order valence-corrected chi connectivity index (χ1v) is 12.9. The zero-order valence-electron chi connectivity index (χ0n) is 21.6. The summed E-state index contributed by atoms with van der Waals surface area (Å²) in [5.41, 5.74) is -1.40. The normalized spacial score (nSPS) is 16.8. The van der Waals surface area contributed by atoms with Crippen LogP contribution in [0.25, 0.3) is 0 Å². The molecule has 2 aliphatic rings. The molecule has 1 saturated heterocycles. The number of piperazine rings is 1. The molecule has 0 unspecified atom stereocenters. The highest BCUT2D eigenvalue weighted by molar-refractivity contribution is 6.32. The molecule has 3 heterocycles. The van der Waals surface area contributed by atoms with Crippen LogP contribution in [0.3, 0.4) is 0 Å². The van der Waals surface area contributed by atoms with Crippen LogP contribution in [0.4, 0.5) is 18.9 Å². The van der Waals surface area contributed by atoms with Gasteiger partial charge in [0.25, 0.3) is 17.7 Å². The largest absolute Gasteiger partial charge is 0.459 e. The highest BCUT2D eigenvalue weighted by Gasteiger charge is 2.39. The van der Waals surface area contributed by atoms with E-state index in [4.69, 9.17) is 9.68 Å². The van der Waals surface area contributed by atoms with Gasteiger partial charge in [0.2, 0.25) is 0 Å². The number of imide groups is 1. The molecule has 1 fully saturated rings. The summed E-state index contributed by atoms with van der Waals surface area (Å²) in [6.07, 6.45) is 0.450. The van der Waals surface area contributed by atoms with E-state index in [0.717, 1.165) is 49.9 Å². The second kappa shape index (κ2) is 11.9. The van der Waals surface area contributed by atoms with E-state index in [-0.39, 0.29) is 17.2 Å². The van der Waals surface area contributed by atoms with Crippen LogP contribution in [-0.4, -0.2) is 60.2 Å². The first kappa shape index (κ1) is 28.1. The molecule has 4 rings (SSSR count). The number of carbonyl (C=O) groups excluding carboxylic acids is 3. The van der Waals surface area contributed by atoms with Crippen molar-refractivity contribution in [2.75, 3.05) is 37.6 Å². The van der Waals surface area contributed by atoms with Crippen molar-refractivity contribution in [3.8, 4) is 6.07 Å². The number of anilines is 1. The Kier molecular flexibility index (Phi) is 8.55. The molecule has 0 aliphatic carbocycles. The lowest BCUT2D eigenvalue weighted by molar-refractivity contribution is -0.138. The van der Waals surface area contributed by atoms with Crippen molar-refractivity contribution >= 4 is 23.4 Å². The molecule has 2 aliphatic heterocycles. The van der Waals surface area contributed by atoms with Crippen LogP contribution in [0, 0.1) is 11.3 Å². The summed E-state index contributed by atoms with van der Waals surface area (Å²) < 4.78 is 45.3. The van der Waals surface area contributed by atoms with Crippen molar-refractivity contribution in [2.45, 2.75) is 45.2 Å². The molecule has 0 atom stereocenters. The van der Waals surface area contributed by atoms with Crippen LogP contribution in [0.1, 0.15) is 60.7 Å². The fourth-order valence-corrected chi connectivity index (χ4v) is 4.94. The number of rotatable bonds is 9. The SMILES string of the molecule is CC1=C(CCCCCCN2CCN(C(=O)c3ccco3)CC2)C(=O)N(c2ccc(C#N)c(C(F)(F)F)c2)C1=O. The molecule has 39 heavy (non-hydrogen) atoms. The lowest BCUT2D eigenvalue weighted by Gasteiger charge is -2.34. The summed E-state index contributed by atoms with van der Waals surface area (Å²) in [5.74, 6) is -1.00. The number of nitrogens with zero attached hydrogens (tertiary/aromatic N) is 4. The Labute approximate surface area is 224 Å². The lowest BCUT2D eigenvalue weighted by atomic mass is 10.0. The highest BCUT2D eigenvalue weighted by Crippen LogP contribution is 2.37. The zero-order valence-corrected chi connectivity index (χ0v) is 21.6. The first-order chi connectivity index (χ1) is 18.6. The first-order valence-electron chi connectivity index (χ1n) is 12.9. The fourth-order valence-electron chi connectivity index (χ4n) is 4.94. The van der Waals surface area contributed by atoms with Gasteiger partial charge in [0.15, 0.2) is 5.76 Å². The van der Waals surface area contributed by atoms with Gasteiger partial charge in [-0.25, -0.2) is 4.90 Å². The maximum absolute atomic E-state index is 13.4. The van der Waals surface area contributed by atoms with E-state index in [2.05, 4.69) is 4.90 Å². The molecular weight excluding hydrogens is 513 g/mol. The van der Waals surface area contributed by atoms with Crippen molar-refractivity contribution in [1.29, 1.82) is 5.26 Å². The topological polar surface area (TPSA) is 97.9 Å². The van der Waals surface area contributed by atoms with Crippen LogP contribution in [0.15, 0.2) is 52.2 Å². The molecule has 11 heteroatoms. The lowest BCUT2D eigenvalue weighted by Crippen LogP contribution is -2.48. The maximum Gasteiger partial charge on any atom is 0.417 e. The minimum Gasteiger partial charge on any atom is -0.459 e. The molecule has 0 spiro atoms. The molecule has 206 valence electrons. The summed E-state index contributed by atoms with van der Waals surface area (Å²) in [4.78, 5) is 42.9. The number of furan rings is 1. The van der Waals surface area contributed by atoms with Gasteiger partial charge in [0, 0.05) is 37.3 Å². The summed E-state index contributed by atoms with van der Waals surface area (Å²) in [6.45, 7) is 5.27. The summed E-state index contributed by atoms with van der Waals surface area (Å²) >= 11 is 0. The van der Waals surface area contributed by atoms with Crippen molar-refractivity contribution < 1.29 is 32.0 Å². The van der Waals surface area contributed by atoms with Crippen LogP contribution < -0.4 is 4.90 Å². The molecule has 0 radical (unpaired) electrons. The van der Waals surface area contributed by atoms with Crippen molar-refractivity contribution in [3.63, 3.8) is 0 Å². The Bertz CT molecular complexity index is 1300. The van der Waals surface area contributed by atoms with E-state index in [0.29, 0.717) is 43.3 Å². The van der Waals surface area contributed by atoms with E-state index < -0.39 is 29.1 Å². The van der Waals surface area contributed by atoms with Gasteiger partial charge < -0.3 is 9.32 Å². The number of benzene rings is 1. The molecule has 8 nitrogen and oxygen atoms in total. The third kappa shape index (κ3) is 6.23. The van der Waals surface area contributed by atoms with E-state index in [9.17, 15) is 27.6 Å². The Hall–Kier alpha value is -3.91. The number of halogens is 3. The minimum absolute atomic E-state index is 0.0947. The fraction of sp³-hybridized carbons (Fsp3) is 0.429. The number of amides is 3. The van der Waals surface area contributed by atoms with E-state index >= 15 is 0 Å². The number of nitriles is 1. The molecule has 0 N–H and O–H groups in total. The molecule has 1 aromatic carbocycles. The number of hydrogen-bond donors (Lipinski definition) is 0. The average Bonchev–Trinajstić information content (AvgIpc) is 3.53. The summed E-state index contributed by atoms with van der Waals surface area (Å²) in [7, 11) is 0. The monoisotopic (exact) mass is 542 g/mol. The maximum atomic E-state index is 13.4. The Morgan fingerprint density at radius 1 is 1.03 bits per heavy atom. The predicted molar refractivity (Wildman–Crippen MR) is 135 cm³/mol. The molecule has 2 aromatic rings. The number of hydrogen-bond acceptors (Lipinski definition) is 6. The Balaban J connectivity index is 1.21. The van der Waals surface area contributed by atoms with Gasteiger partial charge in [0.1, 0.15) is 0 Å². The Morgan fingerprint density at radius 3 is 2.38 bits per heavy atom. The second-order valence-electron chi connectivity index (χ2n) is 9.66. The standard InChI is InChI=1S/C28H29F3N4O4/c1-19-22(26(37)35(25(19)36)21-10-9-20(18-32)23(17-21)28(29,30)31)7-4-2-3-5-11-33-12-14-34(15-13-33)27(38)24-8-6-16-39-24/h6,8-10,16-17H,2-5,7,11-15H2,1H3. The molecule has 3 amide bonds. The molecule has 0 saturated carbocycles. The minimum atomic E-state index is -4.79. The van der Waals surface area contributed by atoms with Gasteiger partial charge in [-0.05, 0) is 63.1 Å². The number of unbranched alkanes of at least 4 members (excludes halogenated alkanes) is 3. The van der Waals surface area contributed by atoms with Gasteiger partial charge in [0.05, 0.1) is 29.1 Å². The van der Waals surface area contributed by atoms with Gasteiger partial charge in [-0.15, -0.1) is 0 Å². The quantitative estimate of drug-likeness (QED) is 0.335. The van der Waals surface area contributed by atoms with Crippen molar-refractivity contribution in [1.82, 2.24) is 9.80 Å². The van der Waals surface area contributed by atoms with Crippen LogP contribution in [0.2, 0.25) is 0 Å². The second-order valence-corrected chi connectivity index (χ2v) is 9.66. The summed E-state index contributed by atoms with van der Waals surface area (Å²) in [6, 6.07) is 7.69. The van der Waals surface area contributed by atoms with Gasteiger partial charge >= 0.3 is 6.18 Å². The number of alkyl halides is 3. The van der Waals surface area contributed by atoms with Crippen molar-refractivity contribution in [2.24, 2.45) is 0 Å². The van der Waals surface area contributed by atoms with Gasteiger partial charge in [-0.3, -0.25) is 19.3 Å². The van der Waals surface area contributed by atoms with Crippen LogP contribution in [-0.2, 0) is 15.8 Å². The summed E-state index contributed by atoms with van der Waals surface area (Å²) in [5, 5.41) is 9.00. The van der Waals surface area contributed by atoms with E-state index in [1.165, 1.54) is 25.3 Å². The third-order valence-electron chi connectivity index (χ3n) is 7.17.